The third-order valence-corrected chi connectivity index (χ3v) is 5.70. The number of fused-ring (bicyclic) bond motifs is 1. The van der Waals surface area contributed by atoms with Crippen LogP contribution in [0.4, 0.5) is 0 Å². The quantitative estimate of drug-likeness (QED) is 0.410. The van der Waals surface area contributed by atoms with Crippen LogP contribution in [0.5, 0.6) is 5.75 Å². The second-order valence-corrected chi connectivity index (χ2v) is 8.39. The molecule has 0 aliphatic carbocycles. The van der Waals surface area contributed by atoms with E-state index in [9.17, 15) is 19.5 Å². The maximum Gasteiger partial charge on any atom is 0.326 e. The van der Waals surface area contributed by atoms with Gasteiger partial charge >= 0.3 is 5.97 Å². The number of aryl methyl sites for hydroxylation is 1. The molecule has 1 atom stereocenters. The van der Waals surface area contributed by atoms with Crippen molar-refractivity contribution in [3.05, 3.63) is 81.0 Å². The van der Waals surface area contributed by atoms with Crippen molar-refractivity contribution in [2.75, 3.05) is 6.61 Å². The predicted molar refractivity (Wildman–Crippen MR) is 124 cm³/mol. The summed E-state index contributed by atoms with van der Waals surface area (Å²) in [7, 11) is 0. The lowest BCUT2D eigenvalue weighted by Gasteiger charge is -2.15. The largest absolute Gasteiger partial charge is 0.484 e. The number of hydrogen-bond donors (Lipinski definition) is 2. The van der Waals surface area contributed by atoms with Gasteiger partial charge < -0.3 is 19.6 Å². The van der Waals surface area contributed by atoms with Gasteiger partial charge in [0.25, 0.3) is 5.91 Å². The van der Waals surface area contributed by atoms with Gasteiger partial charge in [0.15, 0.2) is 6.61 Å². The van der Waals surface area contributed by atoms with Gasteiger partial charge in [-0.1, -0.05) is 30.3 Å². The van der Waals surface area contributed by atoms with E-state index in [2.05, 4.69) is 10.3 Å². The number of benzene rings is 2. The number of rotatable bonds is 8. The molecule has 168 valence electrons. The third-order valence-electron chi connectivity index (χ3n) is 4.93. The number of nitrogens with one attached hydrogen (secondary N) is 1. The highest BCUT2D eigenvalue weighted by Crippen LogP contribution is 2.24. The van der Waals surface area contributed by atoms with E-state index in [-0.39, 0.29) is 18.5 Å². The average Bonchev–Trinajstić information content (AvgIpc) is 3.24. The molecule has 0 fully saturated rings. The molecule has 0 radical (unpaired) electrons. The van der Waals surface area contributed by atoms with Gasteiger partial charge in [0.05, 0.1) is 21.7 Å². The van der Waals surface area contributed by atoms with Crippen molar-refractivity contribution in [3.8, 4) is 17.0 Å². The summed E-state index contributed by atoms with van der Waals surface area (Å²) < 4.78 is 11.1. The smallest absolute Gasteiger partial charge is 0.326 e. The molecule has 8 nitrogen and oxygen atoms in total. The van der Waals surface area contributed by atoms with Crippen LogP contribution in [-0.2, 0) is 16.0 Å². The number of nitrogens with zero attached hydrogens (tertiary/aromatic N) is 1. The molecule has 4 rings (SSSR count). The van der Waals surface area contributed by atoms with Crippen molar-refractivity contribution in [2.24, 2.45) is 0 Å². The Balaban J connectivity index is 1.42. The number of carboxylic acids is 1. The second kappa shape index (κ2) is 9.66. The molecule has 0 aliphatic rings. The molecule has 0 spiro atoms. The van der Waals surface area contributed by atoms with Crippen molar-refractivity contribution in [2.45, 2.75) is 19.4 Å². The van der Waals surface area contributed by atoms with Gasteiger partial charge in [0.1, 0.15) is 23.6 Å². The van der Waals surface area contributed by atoms with Gasteiger partial charge in [0, 0.05) is 17.9 Å². The molecule has 0 saturated carbocycles. The number of carbonyl (C=O) groups is 2. The first-order valence-corrected chi connectivity index (χ1v) is 11.0. The molecule has 1 amide bonds. The number of hydrogen-bond acceptors (Lipinski definition) is 7. The molecule has 33 heavy (non-hydrogen) atoms. The van der Waals surface area contributed by atoms with Gasteiger partial charge in [-0.25, -0.2) is 9.78 Å². The molecule has 9 heteroatoms. The molecule has 2 N–H and O–H groups in total. The summed E-state index contributed by atoms with van der Waals surface area (Å²) in [4.78, 5) is 40.9. The van der Waals surface area contributed by atoms with Crippen molar-refractivity contribution in [3.63, 3.8) is 0 Å². The van der Waals surface area contributed by atoms with E-state index in [0.29, 0.717) is 28.0 Å². The molecular weight excluding hydrogens is 444 g/mol. The zero-order chi connectivity index (χ0) is 23.4. The Kier molecular flexibility index (Phi) is 6.50. The van der Waals surface area contributed by atoms with E-state index < -0.39 is 17.9 Å². The molecule has 4 aromatic rings. The second-order valence-electron chi connectivity index (χ2n) is 7.32. The maximum absolute atomic E-state index is 12.8. The van der Waals surface area contributed by atoms with Crippen LogP contribution < -0.4 is 15.5 Å². The summed E-state index contributed by atoms with van der Waals surface area (Å²) in [6.45, 7) is 1.47. The molecular formula is C24H20N2O6S. The topological polar surface area (TPSA) is 119 Å². The molecule has 0 aliphatic heterocycles. The number of ether oxygens (including phenoxy) is 1. The number of carbonyl (C=O) groups excluding carboxylic acids is 1. The molecule has 0 bridgehead atoms. The highest BCUT2D eigenvalue weighted by molar-refractivity contribution is 7.09. The maximum atomic E-state index is 12.8. The van der Waals surface area contributed by atoms with Crippen molar-refractivity contribution >= 4 is 34.2 Å². The van der Waals surface area contributed by atoms with Crippen LogP contribution in [0.15, 0.2) is 69.4 Å². The predicted octanol–water partition coefficient (Wildman–Crippen LogP) is 3.42. The molecule has 1 unspecified atom stereocenters. The summed E-state index contributed by atoms with van der Waals surface area (Å²) >= 11 is 1.44. The van der Waals surface area contributed by atoms with Crippen molar-refractivity contribution < 1.29 is 23.8 Å². The number of aliphatic carboxylic acids is 1. The van der Waals surface area contributed by atoms with Crippen LogP contribution in [-0.4, -0.2) is 34.6 Å². The van der Waals surface area contributed by atoms with Crippen LogP contribution in [0.1, 0.15) is 10.6 Å². The summed E-state index contributed by atoms with van der Waals surface area (Å²) in [6, 6.07) is 12.6. The van der Waals surface area contributed by atoms with E-state index >= 15 is 0 Å². The van der Waals surface area contributed by atoms with Gasteiger partial charge in [-0.15, -0.1) is 11.3 Å². The fourth-order valence-electron chi connectivity index (χ4n) is 3.30. The Hall–Kier alpha value is -3.98. The Bertz CT molecular complexity index is 1360. The summed E-state index contributed by atoms with van der Waals surface area (Å²) in [5.41, 5.74) is 1.83. The van der Waals surface area contributed by atoms with E-state index in [1.807, 2.05) is 13.0 Å². The van der Waals surface area contributed by atoms with Crippen LogP contribution in [0.25, 0.3) is 22.2 Å². The zero-order valence-corrected chi connectivity index (χ0v) is 18.4. The van der Waals surface area contributed by atoms with E-state index in [0.717, 1.165) is 10.6 Å². The van der Waals surface area contributed by atoms with Gasteiger partial charge in [-0.2, -0.15) is 0 Å². The minimum atomic E-state index is -1.13. The fourth-order valence-corrected chi connectivity index (χ4v) is 3.91. The number of carboxylic acid groups (broad SMARTS) is 1. The molecule has 0 saturated heterocycles. The van der Waals surface area contributed by atoms with Crippen LogP contribution in [0.3, 0.4) is 0 Å². The van der Waals surface area contributed by atoms with E-state index in [1.54, 1.807) is 41.8 Å². The standard InChI is InChI=1S/C24H20N2O6S/c1-14-25-20(13-33-14)18-11-32-21-10-16(7-8-17(21)23(18)28)31-12-22(27)26-19(24(29)30)9-15-5-3-2-4-6-15/h2-8,10-11,13,19H,9,12H2,1H3,(H,26,27)(H,29,30). The van der Waals surface area contributed by atoms with Gasteiger partial charge in [0.2, 0.25) is 5.43 Å². The summed E-state index contributed by atoms with van der Waals surface area (Å²) in [6.07, 6.45) is 1.51. The summed E-state index contributed by atoms with van der Waals surface area (Å²) in [5, 5.41) is 14.9. The van der Waals surface area contributed by atoms with Crippen LogP contribution in [0.2, 0.25) is 0 Å². The van der Waals surface area contributed by atoms with E-state index in [1.165, 1.54) is 23.7 Å². The first kappa shape index (κ1) is 22.2. The number of aromatic nitrogens is 1. The summed E-state index contributed by atoms with van der Waals surface area (Å²) in [5.74, 6) is -1.40. The first-order chi connectivity index (χ1) is 15.9. The Morgan fingerprint density at radius 2 is 2.00 bits per heavy atom. The highest BCUT2D eigenvalue weighted by Gasteiger charge is 2.21. The minimum absolute atomic E-state index is 0.157. The third kappa shape index (κ3) is 5.27. The highest BCUT2D eigenvalue weighted by atomic mass is 32.1. The molecule has 2 aromatic heterocycles. The van der Waals surface area contributed by atoms with Crippen LogP contribution in [0, 0.1) is 6.92 Å². The van der Waals surface area contributed by atoms with Gasteiger partial charge in [-0.05, 0) is 24.6 Å². The van der Waals surface area contributed by atoms with Crippen LogP contribution >= 0.6 is 11.3 Å². The normalized spacial score (nSPS) is 11.8. The number of amides is 1. The Morgan fingerprint density at radius 1 is 1.21 bits per heavy atom. The lowest BCUT2D eigenvalue weighted by atomic mass is 10.1. The van der Waals surface area contributed by atoms with Crippen molar-refractivity contribution in [1.29, 1.82) is 0 Å². The first-order valence-electron chi connectivity index (χ1n) is 10.1. The Morgan fingerprint density at radius 3 is 2.70 bits per heavy atom. The lowest BCUT2D eigenvalue weighted by molar-refractivity contribution is -0.142. The Labute approximate surface area is 192 Å². The number of thiazole rings is 1. The zero-order valence-electron chi connectivity index (χ0n) is 17.6. The molecule has 2 aromatic carbocycles. The monoisotopic (exact) mass is 464 g/mol. The SMILES string of the molecule is Cc1nc(-c2coc3cc(OCC(=O)NC(Cc4ccccc4)C(=O)O)ccc3c2=O)cs1. The fraction of sp³-hybridized carbons (Fsp3) is 0.167. The van der Waals surface area contributed by atoms with E-state index in [4.69, 9.17) is 9.15 Å². The van der Waals surface area contributed by atoms with Crippen molar-refractivity contribution in [1.82, 2.24) is 10.3 Å². The van der Waals surface area contributed by atoms with Gasteiger partial charge in [-0.3, -0.25) is 9.59 Å². The lowest BCUT2D eigenvalue weighted by Crippen LogP contribution is -2.44. The minimum Gasteiger partial charge on any atom is -0.484 e. The average molecular weight is 464 g/mol. The molecule has 2 heterocycles.